The first kappa shape index (κ1) is 13.4. The number of ether oxygens (including phenoxy) is 1. The summed E-state index contributed by atoms with van der Waals surface area (Å²) in [5.41, 5.74) is 0. The molecule has 0 spiro atoms. The third-order valence-corrected chi connectivity index (χ3v) is 3.28. The Balaban J connectivity index is 2.28. The highest BCUT2D eigenvalue weighted by atomic mass is 16.5. The molecule has 1 heterocycles. The fraction of sp³-hybridized carbons (Fsp3) is 0.917. The number of nitriles is 1. The van der Waals surface area contributed by atoms with Crippen LogP contribution >= 0.6 is 0 Å². The number of hydrogen-bond acceptors (Lipinski definition) is 4. The molecule has 1 aliphatic rings. The summed E-state index contributed by atoms with van der Waals surface area (Å²) in [5, 5.41) is 12.1. The summed E-state index contributed by atoms with van der Waals surface area (Å²) in [4.78, 5) is 2.32. The molecule has 1 N–H and O–H groups in total. The van der Waals surface area contributed by atoms with Crippen LogP contribution in [0.1, 0.15) is 26.7 Å². The van der Waals surface area contributed by atoms with E-state index in [-0.39, 0.29) is 6.04 Å². The van der Waals surface area contributed by atoms with Crippen LogP contribution < -0.4 is 5.32 Å². The van der Waals surface area contributed by atoms with Crippen LogP contribution in [0.4, 0.5) is 0 Å². The van der Waals surface area contributed by atoms with Crippen molar-refractivity contribution in [2.24, 2.45) is 0 Å². The lowest BCUT2D eigenvalue weighted by molar-refractivity contribution is 0.0829. The highest BCUT2D eigenvalue weighted by Crippen LogP contribution is 2.18. The second kappa shape index (κ2) is 6.85. The maximum atomic E-state index is 8.93. The summed E-state index contributed by atoms with van der Waals surface area (Å²) in [5.74, 6) is 0. The van der Waals surface area contributed by atoms with Crippen molar-refractivity contribution in [3.05, 3.63) is 0 Å². The van der Waals surface area contributed by atoms with E-state index in [0.29, 0.717) is 12.1 Å². The van der Waals surface area contributed by atoms with E-state index >= 15 is 0 Å². The van der Waals surface area contributed by atoms with Crippen molar-refractivity contribution in [1.29, 1.82) is 5.26 Å². The Kier molecular flexibility index (Phi) is 5.75. The Morgan fingerprint density at radius 3 is 2.88 bits per heavy atom. The molecule has 1 aliphatic heterocycles. The van der Waals surface area contributed by atoms with Gasteiger partial charge in [-0.1, -0.05) is 6.92 Å². The molecule has 0 aliphatic carbocycles. The summed E-state index contributed by atoms with van der Waals surface area (Å²) in [6.45, 7) is 6.82. The van der Waals surface area contributed by atoms with Gasteiger partial charge in [-0.15, -0.1) is 0 Å². The molecule has 0 saturated carbocycles. The molecule has 1 rings (SSSR count). The predicted octanol–water partition coefficient (Wildman–Crippen LogP) is 0.987. The number of rotatable bonds is 6. The summed E-state index contributed by atoms with van der Waals surface area (Å²) in [7, 11) is 2.12. The lowest BCUT2D eigenvalue weighted by Crippen LogP contribution is -2.40. The van der Waals surface area contributed by atoms with E-state index < -0.39 is 0 Å². The second-order valence-electron chi connectivity index (χ2n) is 4.44. The number of hydrogen-bond donors (Lipinski definition) is 1. The SMILES string of the molecule is CCNC(C#N)CCN(C)C1CCOC1C. The lowest BCUT2D eigenvalue weighted by Gasteiger charge is -2.27. The van der Waals surface area contributed by atoms with Gasteiger partial charge in [0.1, 0.15) is 0 Å². The maximum absolute atomic E-state index is 8.93. The average Bonchev–Trinajstić information content (AvgIpc) is 2.70. The van der Waals surface area contributed by atoms with Crippen LogP contribution in [-0.4, -0.2) is 49.8 Å². The van der Waals surface area contributed by atoms with Gasteiger partial charge < -0.3 is 15.0 Å². The van der Waals surface area contributed by atoms with Crippen molar-refractivity contribution in [2.75, 3.05) is 26.7 Å². The van der Waals surface area contributed by atoms with Gasteiger partial charge in [0, 0.05) is 19.2 Å². The zero-order valence-electron chi connectivity index (χ0n) is 10.6. The first-order chi connectivity index (χ1) is 7.69. The first-order valence-corrected chi connectivity index (χ1v) is 6.13. The molecule has 0 amide bonds. The Hall–Kier alpha value is -0.630. The Morgan fingerprint density at radius 1 is 1.62 bits per heavy atom. The van der Waals surface area contributed by atoms with Gasteiger partial charge in [0.15, 0.2) is 0 Å². The molecule has 3 unspecified atom stereocenters. The number of likely N-dealkylation sites (N-methyl/N-ethyl adjacent to an activating group) is 1. The number of nitrogens with zero attached hydrogens (tertiary/aromatic N) is 2. The average molecular weight is 225 g/mol. The normalized spacial score (nSPS) is 26.9. The van der Waals surface area contributed by atoms with E-state index in [4.69, 9.17) is 10.00 Å². The number of nitrogens with one attached hydrogen (secondary N) is 1. The monoisotopic (exact) mass is 225 g/mol. The van der Waals surface area contributed by atoms with Crippen LogP contribution in [0.2, 0.25) is 0 Å². The molecule has 4 nitrogen and oxygen atoms in total. The summed E-state index contributed by atoms with van der Waals surface area (Å²) < 4.78 is 5.54. The molecule has 4 heteroatoms. The molecule has 92 valence electrons. The van der Waals surface area contributed by atoms with Crippen LogP contribution in [0.15, 0.2) is 0 Å². The minimum Gasteiger partial charge on any atom is -0.377 e. The molecule has 1 saturated heterocycles. The highest BCUT2D eigenvalue weighted by Gasteiger charge is 2.27. The molecular formula is C12H23N3O. The van der Waals surface area contributed by atoms with E-state index in [1.165, 1.54) is 0 Å². The molecule has 1 fully saturated rings. The van der Waals surface area contributed by atoms with Gasteiger partial charge in [-0.2, -0.15) is 5.26 Å². The van der Waals surface area contributed by atoms with Crippen molar-refractivity contribution >= 4 is 0 Å². The third kappa shape index (κ3) is 3.75. The highest BCUT2D eigenvalue weighted by molar-refractivity contribution is 4.90. The Labute approximate surface area is 98.6 Å². The van der Waals surface area contributed by atoms with Gasteiger partial charge in [-0.05, 0) is 33.4 Å². The smallest absolute Gasteiger partial charge is 0.0965 e. The van der Waals surface area contributed by atoms with Crippen molar-refractivity contribution in [1.82, 2.24) is 10.2 Å². The van der Waals surface area contributed by atoms with Gasteiger partial charge >= 0.3 is 0 Å². The molecule has 16 heavy (non-hydrogen) atoms. The van der Waals surface area contributed by atoms with E-state index in [0.717, 1.165) is 32.5 Å². The van der Waals surface area contributed by atoms with E-state index in [9.17, 15) is 0 Å². The topological polar surface area (TPSA) is 48.3 Å². The zero-order valence-corrected chi connectivity index (χ0v) is 10.6. The quantitative estimate of drug-likeness (QED) is 0.732. The summed E-state index contributed by atoms with van der Waals surface area (Å²) >= 11 is 0. The maximum Gasteiger partial charge on any atom is 0.0965 e. The minimum atomic E-state index is -0.0231. The van der Waals surface area contributed by atoms with Crippen LogP contribution in [-0.2, 0) is 4.74 Å². The van der Waals surface area contributed by atoms with E-state index in [1.54, 1.807) is 0 Å². The largest absolute Gasteiger partial charge is 0.377 e. The lowest BCUT2D eigenvalue weighted by atomic mass is 10.1. The van der Waals surface area contributed by atoms with Crippen molar-refractivity contribution in [3.63, 3.8) is 0 Å². The van der Waals surface area contributed by atoms with Crippen LogP contribution in [0.25, 0.3) is 0 Å². The zero-order chi connectivity index (χ0) is 12.0. The summed E-state index contributed by atoms with van der Waals surface area (Å²) in [6.07, 6.45) is 2.31. The standard InChI is InChI=1S/C12H23N3O/c1-4-14-11(9-13)5-7-15(3)12-6-8-16-10(12)2/h10-12,14H,4-8H2,1-3H3. The van der Waals surface area contributed by atoms with Gasteiger partial charge in [0.05, 0.1) is 18.2 Å². The van der Waals surface area contributed by atoms with Crippen LogP contribution in [0, 0.1) is 11.3 Å². The Morgan fingerprint density at radius 2 is 2.38 bits per heavy atom. The van der Waals surface area contributed by atoms with Gasteiger partial charge in [0.25, 0.3) is 0 Å². The summed E-state index contributed by atoms with van der Waals surface area (Å²) in [6, 6.07) is 2.78. The van der Waals surface area contributed by atoms with Crippen molar-refractivity contribution < 1.29 is 4.74 Å². The van der Waals surface area contributed by atoms with Crippen LogP contribution in [0.5, 0.6) is 0 Å². The molecule has 0 bridgehead atoms. The van der Waals surface area contributed by atoms with E-state index in [1.807, 2.05) is 6.92 Å². The predicted molar refractivity (Wildman–Crippen MR) is 64.1 cm³/mol. The first-order valence-electron chi connectivity index (χ1n) is 6.13. The van der Waals surface area contributed by atoms with Gasteiger partial charge in [-0.25, -0.2) is 0 Å². The van der Waals surface area contributed by atoms with E-state index in [2.05, 4.69) is 30.3 Å². The van der Waals surface area contributed by atoms with Crippen molar-refractivity contribution in [2.45, 2.75) is 44.9 Å². The molecular weight excluding hydrogens is 202 g/mol. The molecule has 0 radical (unpaired) electrons. The van der Waals surface area contributed by atoms with Crippen LogP contribution in [0.3, 0.4) is 0 Å². The van der Waals surface area contributed by atoms with Crippen molar-refractivity contribution in [3.8, 4) is 6.07 Å². The molecule has 0 aromatic heterocycles. The Bertz CT molecular complexity index is 239. The second-order valence-corrected chi connectivity index (χ2v) is 4.44. The molecule has 0 aromatic carbocycles. The van der Waals surface area contributed by atoms with Gasteiger partial charge in [-0.3, -0.25) is 0 Å². The minimum absolute atomic E-state index is 0.0231. The fourth-order valence-corrected chi connectivity index (χ4v) is 2.26. The molecule has 3 atom stereocenters. The van der Waals surface area contributed by atoms with Gasteiger partial charge in [0.2, 0.25) is 0 Å². The fourth-order valence-electron chi connectivity index (χ4n) is 2.26. The molecule has 0 aromatic rings. The third-order valence-electron chi connectivity index (χ3n) is 3.28.